The molecular formula is C21H22F3N3O2. The summed E-state index contributed by atoms with van der Waals surface area (Å²) in [6, 6.07) is 8.34. The maximum absolute atomic E-state index is 12.7. The van der Waals surface area contributed by atoms with Gasteiger partial charge in [-0.1, -0.05) is 12.1 Å². The lowest BCUT2D eigenvalue weighted by Gasteiger charge is -2.30. The molecule has 2 aliphatic carbocycles. The quantitative estimate of drug-likeness (QED) is 0.738. The maximum atomic E-state index is 12.7. The first-order valence-electron chi connectivity index (χ1n) is 9.53. The Bertz CT molecular complexity index is 834. The summed E-state index contributed by atoms with van der Waals surface area (Å²) in [6.45, 7) is 0. The molecule has 1 fully saturated rings. The Hall–Kier alpha value is -2.95. The van der Waals surface area contributed by atoms with Crippen molar-refractivity contribution < 1.29 is 22.7 Å². The van der Waals surface area contributed by atoms with E-state index in [9.17, 15) is 18.0 Å². The van der Waals surface area contributed by atoms with Crippen molar-refractivity contribution in [1.82, 2.24) is 5.32 Å². The predicted octanol–water partition coefficient (Wildman–Crippen LogP) is 5.03. The first-order chi connectivity index (χ1) is 13.8. The lowest BCUT2D eigenvalue weighted by atomic mass is 9.92. The van der Waals surface area contributed by atoms with Gasteiger partial charge in [0.25, 0.3) is 0 Å². The van der Waals surface area contributed by atoms with E-state index in [1.807, 2.05) is 6.07 Å². The molecule has 2 aliphatic rings. The van der Waals surface area contributed by atoms with Crippen molar-refractivity contribution in [3.63, 3.8) is 0 Å². The Morgan fingerprint density at radius 2 is 1.97 bits per heavy atom. The summed E-state index contributed by atoms with van der Waals surface area (Å²) in [5.74, 6) is -0.959. The van der Waals surface area contributed by atoms with Crippen LogP contribution in [0.1, 0.15) is 37.7 Å². The highest BCUT2D eigenvalue weighted by molar-refractivity contribution is 5.89. The molecule has 1 aromatic carbocycles. The SMILES string of the molecule is N#Cc1cccc(NC(=O)NC2CCC(OC3=CCC(C(F)(F)F)C=C3)CC2)c1. The van der Waals surface area contributed by atoms with Gasteiger partial charge in [0.2, 0.25) is 0 Å². The van der Waals surface area contributed by atoms with Crippen molar-refractivity contribution in [2.75, 3.05) is 5.32 Å². The summed E-state index contributed by atoms with van der Waals surface area (Å²) in [6.07, 6.45) is 2.51. The highest BCUT2D eigenvalue weighted by Crippen LogP contribution is 2.34. The van der Waals surface area contributed by atoms with Gasteiger partial charge in [-0.2, -0.15) is 18.4 Å². The molecule has 0 heterocycles. The fourth-order valence-electron chi connectivity index (χ4n) is 3.47. The molecule has 0 aromatic heterocycles. The summed E-state index contributed by atoms with van der Waals surface area (Å²) in [5.41, 5.74) is 1.01. The van der Waals surface area contributed by atoms with E-state index in [0.29, 0.717) is 29.9 Å². The number of rotatable bonds is 4. The van der Waals surface area contributed by atoms with Crippen LogP contribution in [0.5, 0.6) is 0 Å². The fourth-order valence-corrected chi connectivity index (χ4v) is 3.47. The van der Waals surface area contributed by atoms with E-state index in [4.69, 9.17) is 10.00 Å². The van der Waals surface area contributed by atoms with Crippen LogP contribution in [0.25, 0.3) is 0 Å². The molecule has 0 saturated heterocycles. The second-order valence-corrected chi connectivity index (χ2v) is 7.23. The van der Waals surface area contributed by atoms with Crippen molar-refractivity contribution in [1.29, 1.82) is 5.26 Å². The number of benzene rings is 1. The highest BCUT2D eigenvalue weighted by atomic mass is 19.4. The van der Waals surface area contributed by atoms with E-state index in [1.54, 1.807) is 24.3 Å². The number of urea groups is 1. The summed E-state index contributed by atoms with van der Waals surface area (Å²) >= 11 is 0. The lowest BCUT2D eigenvalue weighted by Crippen LogP contribution is -2.41. The minimum absolute atomic E-state index is 0.000475. The Balaban J connectivity index is 1.40. The molecule has 1 saturated carbocycles. The first-order valence-corrected chi connectivity index (χ1v) is 9.53. The van der Waals surface area contributed by atoms with Gasteiger partial charge in [-0.3, -0.25) is 0 Å². The zero-order chi connectivity index (χ0) is 20.9. The number of nitriles is 1. The Morgan fingerprint density at radius 1 is 1.21 bits per heavy atom. The Labute approximate surface area is 167 Å². The number of alkyl halides is 3. The summed E-state index contributed by atoms with van der Waals surface area (Å²) < 4.78 is 43.8. The van der Waals surface area contributed by atoms with Crippen LogP contribution >= 0.6 is 0 Å². The van der Waals surface area contributed by atoms with E-state index in [2.05, 4.69) is 10.6 Å². The molecule has 154 valence electrons. The molecule has 5 nitrogen and oxygen atoms in total. The van der Waals surface area contributed by atoms with Gasteiger partial charge < -0.3 is 15.4 Å². The Morgan fingerprint density at radius 3 is 2.59 bits per heavy atom. The molecule has 2 amide bonds. The molecule has 1 atom stereocenters. The highest BCUT2D eigenvalue weighted by Gasteiger charge is 2.38. The number of anilines is 1. The minimum Gasteiger partial charge on any atom is -0.491 e. The van der Waals surface area contributed by atoms with Crippen LogP contribution in [-0.4, -0.2) is 24.4 Å². The lowest BCUT2D eigenvalue weighted by molar-refractivity contribution is -0.160. The molecule has 3 rings (SSSR count). The van der Waals surface area contributed by atoms with Gasteiger partial charge in [-0.25, -0.2) is 4.79 Å². The number of carbonyl (C=O) groups excluding carboxylic acids is 1. The van der Waals surface area contributed by atoms with Crippen LogP contribution in [0, 0.1) is 17.2 Å². The fraction of sp³-hybridized carbons (Fsp3) is 0.429. The smallest absolute Gasteiger partial charge is 0.395 e. The van der Waals surface area contributed by atoms with Crippen LogP contribution in [0.3, 0.4) is 0 Å². The first kappa shape index (κ1) is 20.8. The summed E-state index contributed by atoms with van der Waals surface area (Å²) in [7, 11) is 0. The monoisotopic (exact) mass is 405 g/mol. The third-order valence-corrected chi connectivity index (χ3v) is 5.05. The van der Waals surface area contributed by atoms with E-state index >= 15 is 0 Å². The van der Waals surface area contributed by atoms with E-state index in [1.165, 1.54) is 12.2 Å². The van der Waals surface area contributed by atoms with Gasteiger partial charge in [-0.15, -0.1) is 0 Å². The molecule has 0 bridgehead atoms. The molecule has 1 aromatic rings. The van der Waals surface area contributed by atoms with Crippen LogP contribution in [0.4, 0.5) is 23.7 Å². The normalized spacial score (nSPS) is 24.2. The molecule has 1 unspecified atom stereocenters. The van der Waals surface area contributed by atoms with Crippen molar-refractivity contribution in [2.45, 2.75) is 50.4 Å². The topological polar surface area (TPSA) is 74.2 Å². The second kappa shape index (κ2) is 9.03. The van der Waals surface area contributed by atoms with Gasteiger partial charge in [0.05, 0.1) is 23.7 Å². The number of ether oxygens (including phenoxy) is 1. The molecule has 0 aliphatic heterocycles. The Kier molecular flexibility index (Phi) is 6.47. The largest absolute Gasteiger partial charge is 0.491 e. The maximum Gasteiger partial charge on any atom is 0.395 e. The molecule has 2 N–H and O–H groups in total. The minimum atomic E-state index is -4.22. The second-order valence-electron chi connectivity index (χ2n) is 7.23. The zero-order valence-electron chi connectivity index (χ0n) is 15.7. The van der Waals surface area contributed by atoms with Gasteiger partial charge in [0, 0.05) is 11.7 Å². The average molecular weight is 405 g/mol. The van der Waals surface area contributed by atoms with E-state index < -0.39 is 12.1 Å². The molecular weight excluding hydrogens is 383 g/mol. The number of nitrogens with one attached hydrogen (secondary N) is 2. The van der Waals surface area contributed by atoms with E-state index in [0.717, 1.165) is 18.9 Å². The number of allylic oxidation sites excluding steroid dienone is 3. The molecule has 29 heavy (non-hydrogen) atoms. The van der Waals surface area contributed by atoms with Crippen molar-refractivity contribution in [3.8, 4) is 6.07 Å². The summed E-state index contributed by atoms with van der Waals surface area (Å²) in [5, 5.41) is 14.5. The van der Waals surface area contributed by atoms with Gasteiger partial charge in [-0.05, 0) is 62.5 Å². The van der Waals surface area contributed by atoms with Crippen molar-refractivity contribution in [2.24, 2.45) is 5.92 Å². The predicted molar refractivity (Wildman–Crippen MR) is 102 cm³/mol. The molecule has 0 radical (unpaired) electrons. The zero-order valence-corrected chi connectivity index (χ0v) is 15.7. The van der Waals surface area contributed by atoms with Crippen LogP contribution in [-0.2, 0) is 4.74 Å². The number of hydrogen-bond donors (Lipinski definition) is 2. The number of halogens is 3. The van der Waals surface area contributed by atoms with Crippen LogP contribution < -0.4 is 10.6 Å². The number of amides is 2. The van der Waals surface area contributed by atoms with Gasteiger partial charge >= 0.3 is 12.2 Å². The third kappa shape index (κ3) is 6.01. The molecule has 0 spiro atoms. The molecule has 8 heteroatoms. The standard InChI is InChI=1S/C21H22F3N3O2/c22-21(23,24)15-4-8-18(9-5-15)29-19-10-6-16(7-11-19)26-20(28)27-17-3-1-2-14(12-17)13-25/h1-4,8-9,12,15-16,19H,5-7,10-11H2,(H2,26,27,28). The average Bonchev–Trinajstić information content (AvgIpc) is 2.69. The van der Waals surface area contributed by atoms with Crippen molar-refractivity contribution >= 4 is 11.7 Å². The van der Waals surface area contributed by atoms with E-state index in [-0.39, 0.29) is 24.6 Å². The summed E-state index contributed by atoms with van der Waals surface area (Å²) in [4.78, 5) is 12.1. The number of nitrogens with zero attached hydrogens (tertiary/aromatic N) is 1. The van der Waals surface area contributed by atoms with Crippen LogP contribution in [0.15, 0.2) is 48.3 Å². The van der Waals surface area contributed by atoms with Crippen LogP contribution in [0.2, 0.25) is 0 Å². The van der Waals surface area contributed by atoms with Crippen molar-refractivity contribution in [3.05, 3.63) is 53.8 Å². The van der Waals surface area contributed by atoms with Gasteiger partial charge in [0.15, 0.2) is 0 Å². The van der Waals surface area contributed by atoms with Gasteiger partial charge in [0.1, 0.15) is 5.76 Å². The third-order valence-electron chi connectivity index (χ3n) is 5.05. The number of hydrogen-bond acceptors (Lipinski definition) is 3. The number of carbonyl (C=O) groups is 1.